The summed E-state index contributed by atoms with van der Waals surface area (Å²) in [6.45, 7) is 5.56. The second-order valence-electron chi connectivity index (χ2n) is 6.06. The summed E-state index contributed by atoms with van der Waals surface area (Å²) in [7, 11) is 0. The third-order valence-electron chi connectivity index (χ3n) is 3.63. The minimum absolute atomic E-state index is 0.0531. The molecule has 2 rings (SSSR count). The maximum absolute atomic E-state index is 11.7. The van der Waals surface area contributed by atoms with Crippen LogP contribution in [-0.4, -0.2) is 23.5 Å². The van der Waals surface area contributed by atoms with E-state index in [4.69, 9.17) is 10.00 Å². The molecule has 0 amide bonds. The minimum atomic E-state index is -0.777. The number of nitrogens with zero attached hydrogens (tertiary/aromatic N) is 1. The number of carbonyl (C=O) groups is 1. The number of aliphatic hydroxyl groups is 1. The van der Waals surface area contributed by atoms with E-state index < -0.39 is 6.10 Å². The lowest BCUT2D eigenvalue weighted by Crippen LogP contribution is -2.14. The molecule has 1 atom stereocenters. The molecule has 0 bridgehead atoms. The second-order valence-corrected chi connectivity index (χ2v) is 6.06. The fourth-order valence-electron chi connectivity index (χ4n) is 2.46. The largest absolute Gasteiger partial charge is 0.491 e. The summed E-state index contributed by atoms with van der Waals surface area (Å²) in [6.07, 6.45) is -0.723. The fraction of sp³-hybridized carbons (Fsp3) is 0.300. The molecule has 1 unspecified atom stereocenters. The van der Waals surface area contributed by atoms with Gasteiger partial charge >= 0.3 is 0 Å². The van der Waals surface area contributed by atoms with Crippen molar-refractivity contribution in [1.82, 2.24) is 0 Å². The van der Waals surface area contributed by atoms with E-state index in [0.29, 0.717) is 28.1 Å². The molecule has 0 aliphatic heterocycles. The van der Waals surface area contributed by atoms with Crippen LogP contribution in [0.4, 0.5) is 5.69 Å². The van der Waals surface area contributed by atoms with Gasteiger partial charge in [0.05, 0.1) is 23.8 Å². The Bertz CT molecular complexity index is 794. The number of rotatable bonds is 7. The van der Waals surface area contributed by atoms with Crippen LogP contribution in [0.15, 0.2) is 42.5 Å². The van der Waals surface area contributed by atoms with Crippen molar-refractivity contribution in [3.63, 3.8) is 0 Å². The quantitative estimate of drug-likeness (QED) is 0.752. The summed E-state index contributed by atoms with van der Waals surface area (Å²) in [5.41, 5.74) is 2.20. The molecule has 0 heterocycles. The van der Waals surface area contributed by atoms with E-state index >= 15 is 0 Å². The topological polar surface area (TPSA) is 82.4 Å². The average molecular weight is 338 g/mol. The number of benzene rings is 2. The lowest BCUT2D eigenvalue weighted by atomic mass is 10.1. The van der Waals surface area contributed by atoms with Crippen molar-refractivity contribution in [2.45, 2.75) is 33.0 Å². The predicted octanol–water partition coefficient (Wildman–Crippen LogP) is 3.69. The summed E-state index contributed by atoms with van der Waals surface area (Å²) in [5, 5.41) is 22.5. The number of ether oxygens (including phenoxy) is 1. The Hall–Kier alpha value is -2.84. The molecule has 130 valence electrons. The third-order valence-corrected chi connectivity index (χ3v) is 3.63. The SMILES string of the molecule is CC(=O)c1ccc(C#N)cc1NCC(O)c1cccc(OC(C)C)c1. The Morgan fingerprint density at radius 2 is 2.04 bits per heavy atom. The normalized spacial score (nSPS) is 11.7. The van der Waals surface area contributed by atoms with Gasteiger partial charge in [-0.3, -0.25) is 4.79 Å². The van der Waals surface area contributed by atoms with Crippen molar-refractivity contribution in [3.05, 3.63) is 59.2 Å². The van der Waals surface area contributed by atoms with Gasteiger partial charge in [0, 0.05) is 17.8 Å². The average Bonchev–Trinajstić information content (AvgIpc) is 2.58. The Morgan fingerprint density at radius 3 is 2.68 bits per heavy atom. The van der Waals surface area contributed by atoms with Crippen molar-refractivity contribution in [1.29, 1.82) is 5.26 Å². The van der Waals surface area contributed by atoms with Crippen LogP contribution in [0.2, 0.25) is 0 Å². The van der Waals surface area contributed by atoms with Crippen LogP contribution in [0.1, 0.15) is 48.4 Å². The van der Waals surface area contributed by atoms with E-state index in [0.717, 1.165) is 0 Å². The van der Waals surface area contributed by atoms with Crippen LogP contribution in [0.25, 0.3) is 0 Å². The molecule has 0 aromatic heterocycles. The van der Waals surface area contributed by atoms with Crippen molar-refractivity contribution in [2.75, 3.05) is 11.9 Å². The van der Waals surface area contributed by atoms with Gasteiger partial charge in [-0.1, -0.05) is 12.1 Å². The van der Waals surface area contributed by atoms with Gasteiger partial charge in [0.15, 0.2) is 5.78 Å². The number of nitriles is 1. The summed E-state index contributed by atoms with van der Waals surface area (Å²) in [6, 6.07) is 14.2. The van der Waals surface area contributed by atoms with Gasteiger partial charge in [0.25, 0.3) is 0 Å². The molecule has 0 aliphatic rings. The molecule has 5 nitrogen and oxygen atoms in total. The van der Waals surface area contributed by atoms with E-state index in [9.17, 15) is 9.90 Å². The summed E-state index contributed by atoms with van der Waals surface area (Å²) in [4.78, 5) is 11.7. The molecule has 2 N–H and O–H groups in total. The van der Waals surface area contributed by atoms with Gasteiger partial charge in [-0.25, -0.2) is 0 Å². The standard InChI is InChI=1S/C20H22N2O3/c1-13(2)25-17-6-4-5-16(10-17)20(24)12-22-19-9-15(11-21)7-8-18(19)14(3)23/h4-10,13,20,22,24H,12H2,1-3H3. The Morgan fingerprint density at radius 1 is 1.28 bits per heavy atom. The number of carbonyl (C=O) groups excluding carboxylic acids is 1. The van der Waals surface area contributed by atoms with Crippen LogP contribution < -0.4 is 10.1 Å². The number of hydrogen-bond donors (Lipinski definition) is 2. The highest BCUT2D eigenvalue weighted by atomic mass is 16.5. The van der Waals surface area contributed by atoms with Gasteiger partial charge in [-0.15, -0.1) is 0 Å². The van der Waals surface area contributed by atoms with E-state index in [-0.39, 0.29) is 18.4 Å². The second kappa shape index (κ2) is 8.32. The molecule has 0 saturated heterocycles. The molecule has 0 aliphatic carbocycles. The van der Waals surface area contributed by atoms with Crippen LogP contribution in [0.5, 0.6) is 5.75 Å². The van der Waals surface area contributed by atoms with E-state index in [2.05, 4.69) is 5.32 Å². The van der Waals surface area contributed by atoms with Gasteiger partial charge < -0.3 is 15.2 Å². The predicted molar refractivity (Wildman–Crippen MR) is 96.8 cm³/mol. The highest BCUT2D eigenvalue weighted by Gasteiger charge is 2.12. The first kappa shape index (κ1) is 18.5. The molecule has 0 fully saturated rings. The van der Waals surface area contributed by atoms with Crippen LogP contribution in [-0.2, 0) is 0 Å². The maximum Gasteiger partial charge on any atom is 0.161 e. The number of anilines is 1. The van der Waals surface area contributed by atoms with Crippen LogP contribution in [0, 0.1) is 11.3 Å². The van der Waals surface area contributed by atoms with Gasteiger partial charge in [-0.05, 0) is 56.7 Å². The molecular weight excluding hydrogens is 316 g/mol. The van der Waals surface area contributed by atoms with Gasteiger partial charge in [0.1, 0.15) is 5.75 Å². The molecular formula is C20H22N2O3. The fourth-order valence-corrected chi connectivity index (χ4v) is 2.46. The molecule has 2 aromatic rings. The molecule has 2 aromatic carbocycles. The minimum Gasteiger partial charge on any atom is -0.491 e. The van der Waals surface area contributed by atoms with E-state index in [1.54, 1.807) is 24.3 Å². The Kier molecular flexibility index (Phi) is 6.15. The van der Waals surface area contributed by atoms with Crippen molar-refractivity contribution in [2.24, 2.45) is 0 Å². The maximum atomic E-state index is 11.7. The zero-order valence-corrected chi connectivity index (χ0v) is 14.6. The number of nitrogens with one attached hydrogen (secondary N) is 1. The lowest BCUT2D eigenvalue weighted by Gasteiger charge is -2.17. The monoisotopic (exact) mass is 338 g/mol. The highest BCUT2D eigenvalue weighted by Crippen LogP contribution is 2.23. The molecule has 25 heavy (non-hydrogen) atoms. The lowest BCUT2D eigenvalue weighted by molar-refractivity contribution is 0.101. The third kappa shape index (κ3) is 5.07. The highest BCUT2D eigenvalue weighted by molar-refractivity contribution is 5.99. The first-order chi connectivity index (χ1) is 11.9. The van der Waals surface area contributed by atoms with Crippen LogP contribution >= 0.6 is 0 Å². The smallest absolute Gasteiger partial charge is 0.161 e. The first-order valence-electron chi connectivity index (χ1n) is 8.14. The number of Topliss-reactive ketones (excluding diaryl/α,β-unsaturated/α-hetero) is 1. The Balaban J connectivity index is 2.13. The van der Waals surface area contributed by atoms with E-state index in [1.807, 2.05) is 38.1 Å². The summed E-state index contributed by atoms with van der Waals surface area (Å²) >= 11 is 0. The molecule has 5 heteroatoms. The zero-order valence-electron chi connectivity index (χ0n) is 14.6. The summed E-state index contributed by atoms with van der Waals surface area (Å²) in [5.74, 6) is 0.594. The zero-order chi connectivity index (χ0) is 18.4. The van der Waals surface area contributed by atoms with Crippen molar-refractivity contribution < 1.29 is 14.6 Å². The number of aliphatic hydroxyl groups excluding tert-OH is 1. The van der Waals surface area contributed by atoms with Crippen molar-refractivity contribution >= 4 is 11.5 Å². The van der Waals surface area contributed by atoms with E-state index in [1.165, 1.54) is 6.92 Å². The molecule has 0 radical (unpaired) electrons. The van der Waals surface area contributed by atoms with Gasteiger partial charge in [-0.2, -0.15) is 5.26 Å². The molecule has 0 saturated carbocycles. The number of hydrogen-bond acceptors (Lipinski definition) is 5. The molecule has 0 spiro atoms. The van der Waals surface area contributed by atoms with Crippen LogP contribution in [0.3, 0.4) is 0 Å². The first-order valence-corrected chi connectivity index (χ1v) is 8.14. The Labute approximate surface area is 147 Å². The number of ketones is 1. The van der Waals surface area contributed by atoms with Crippen molar-refractivity contribution in [3.8, 4) is 11.8 Å². The van der Waals surface area contributed by atoms with Gasteiger partial charge in [0.2, 0.25) is 0 Å². The summed E-state index contributed by atoms with van der Waals surface area (Å²) < 4.78 is 5.64.